The summed E-state index contributed by atoms with van der Waals surface area (Å²) in [4.78, 5) is 23.9. The van der Waals surface area contributed by atoms with Crippen molar-refractivity contribution in [2.45, 2.75) is 72.5 Å². The number of ether oxygens (including phenoxy) is 4. The fourth-order valence-corrected chi connectivity index (χ4v) is 3.49. The Balaban J connectivity index is 1.87. The molecular formula is C24H34O7. The summed E-state index contributed by atoms with van der Waals surface area (Å²) in [6.07, 6.45) is 5.03. The van der Waals surface area contributed by atoms with Gasteiger partial charge in [0.2, 0.25) is 0 Å². The summed E-state index contributed by atoms with van der Waals surface area (Å²) in [7, 11) is 1.54. The smallest absolute Gasteiger partial charge is 0.342 e. The summed E-state index contributed by atoms with van der Waals surface area (Å²) < 4.78 is 21.3. The molecule has 0 saturated heterocycles. The fourth-order valence-electron chi connectivity index (χ4n) is 3.49. The Morgan fingerprint density at radius 3 is 2.61 bits per heavy atom. The van der Waals surface area contributed by atoms with Crippen LogP contribution in [-0.2, 0) is 32.0 Å². The highest BCUT2D eigenvalue weighted by Gasteiger charge is 2.31. The first-order chi connectivity index (χ1) is 14.8. The number of benzene rings is 1. The third kappa shape index (κ3) is 6.72. The maximum Gasteiger partial charge on any atom is 0.342 e. The van der Waals surface area contributed by atoms with Crippen LogP contribution < -0.4 is 4.74 Å². The van der Waals surface area contributed by atoms with Crippen molar-refractivity contribution in [3.05, 3.63) is 33.9 Å². The van der Waals surface area contributed by atoms with Crippen LogP contribution in [0.25, 0.3) is 0 Å². The molecule has 7 nitrogen and oxygen atoms in total. The van der Waals surface area contributed by atoms with Gasteiger partial charge in [-0.05, 0) is 58.9 Å². The SMILES string of the molecule is COc1c(C)c2c(c(O)c1C/C=C(\C)CCC(=O)OCCCCOC(C)C)C(=O)OC2. The van der Waals surface area contributed by atoms with Crippen molar-refractivity contribution in [3.8, 4) is 11.5 Å². The summed E-state index contributed by atoms with van der Waals surface area (Å²) in [5.41, 5.74) is 3.22. The summed E-state index contributed by atoms with van der Waals surface area (Å²) in [5, 5.41) is 10.6. The van der Waals surface area contributed by atoms with E-state index in [1.54, 1.807) is 0 Å². The quantitative estimate of drug-likeness (QED) is 0.296. The van der Waals surface area contributed by atoms with Gasteiger partial charge in [-0.2, -0.15) is 0 Å². The molecule has 0 spiro atoms. The predicted octanol–water partition coefficient (Wildman–Crippen LogP) is 4.40. The lowest BCUT2D eigenvalue weighted by atomic mass is 9.94. The number of aromatic hydroxyl groups is 1. The van der Waals surface area contributed by atoms with E-state index in [1.165, 1.54) is 7.11 Å². The van der Waals surface area contributed by atoms with Gasteiger partial charge in [0.1, 0.15) is 23.7 Å². The Morgan fingerprint density at radius 2 is 1.94 bits per heavy atom. The summed E-state index contributed by atoms with van der Waals surface area (Å²) in [5.74, 6) is -0.280. The van der Waals surface area contributed by atoms with Gasteiger partial charge < -0.3 is 24.1 Å². The maximum absolute atomic E-state index is 12.0. The van der Waals surface area contributed by atoms with Crippen LogP contribution in [0, 0.1) is 6.92 Å². The predicted molar refractivity (Wildman–Crippen MR) is 116 cm³/mol. The van der Waals surface area contributed by atoms with Gasteiger partial charge in [-0.25, -0.2) is 4.79 Å². The lowest BCUT2D eigenvalue weighted by Gasteiger charge is -2.15. The molecule has 0 saturated carbocycles. The molecule has 0 amide bonds. The monoisotopic (exact) mass is 434 g/mol. The zero-order valence-electron chi connectivity index (χ0n) is 19.2. The Kier molecular flexibility index (Phi) is 9.37. The van der Waals surface area contributed by atoms with E-state index in [4.69, 9.17) is 18.9 Å². The molecule has 0 atom stereocenters. The van der Waals surface area contributed by atoms with Gasteiger partial charge >= 0.3 is 11.9 Å². The first-order valence-corrected chi connectivity index (χ1v) is 10.8. The third-order valence-electron chi connectivity index (χ3n) is 5.28. The average molecular weight is 435 g/mol. The van der Waals surface area contributed by atoms with Crippen molar-refractivity contribution in [3.63, 3.8) is 0 Å². The van der Waals surface area contributed by atoms with Gasteiger partial charge in [0.25, 0.3) is 0 Å². The number of carbonyl (C=O) groups excluding carboxylic acids is 2. The molecule has 0 fully saturated rings. The Labute approximate surface area is 184 Å². The van der Waals surface area contributed by atoms with Gasteiger partial charge in [0.05, 0.1) is 19.8 Å². The van der Waals surface area contributed by atoms with E-state index < -0.39 is 5.97 Å². The van der Waals surface area contributed by atoms with Gasteiger partial charge in [0.15, 0.2) is 0 Å². The third-order valence-corrected chi connectivity index (χ3v) is 5.28. The van der Waals surface area contributed by atoms with Crippen LogP contribution in [0.3, 0.4) is 0 Å². The Bertz CT molecular complexity index is 824. The van der Waals surface area contributed by atoms with Crippen LogP contribution in [-0.4, -0.2) is 43.5 Å². The topological polar surface area (TPSA) is 91.3 Å². The minimum atomic E-state index is -0.515. The Morgan fingerprint density at radius 1 is 1.23 bits per heavy atom. The number of cyclic esters (lactones) is 1. The molecule has 1 N–H and O–H groups in total. The number of methoxy groups -OCH3 is 1. The van der Waals surface area contributed by atoms with Crippen LogP contribution in [0.15, 0.2) is 11.6 Å². The molecular weight excluding hydrogens is 400 g/mol. The van der Waals surface area contributed by atoms with Crippen LogP contribution in [0.1, 0.15) is 73.5 Å². The second kappa shape index (κ2) is 11.7. The number of rotatable bonds is 12. The van der Waals surface area contributed by atoms with E-state index >= 15 is 0 Å². The molecule has 0 radical (unpaired) electrons. The van der Waals surface area contributed by atoms with Gasteiger partial charge in [-0.1, -0.05) is 11.6 Å². The molecule has 0 unspecified atom stereocenters. The lowest BCUT2D eigenvalue weighted by molar-refractivity contribution is -0.143. The van der Waals surface area contributed by atoms with E-state index in [9.17, 15) is 14.7 Å². The van der Waals surface area contributed by atoms with E-state index in [1.807, 2.05) is 33.8 Å². The number of phenols is 1. The highest BCUT2D eigenvalue weighted by Crippen LogP contribution is 2.42. The van der Waals surface area contributed by atoms with Crippen molar-refractivity contribution in [2.24, 2.45) is 0 Å². The maximum atomic E-state index is 12.0. The normalized spacial score (nSPS) is 13.4. The van der Waals surface area contributed by atoms with Crippen molar-refractivity contribution >= 4 is 11.9 Å². The number of esters is 2. The van der Waals surface area contributed by atoms with E-state index in [-0.39, 0.29) is 30.0 Å². The standard InChI is InChI=1S/C24H34O7/c1-15(2)29-12-6-7-13-30-20(25)11-9-16(3)8-10-18-22(26)21-19(14-31-24(21)27)17(4)23(18)28-5/h8,15,26H,6-7,9-14H2,1-5H3/b16-8+. The number of carbonyl (C=O) groups is 2. The molecule has 7 heteroatoms. The summed E-state index contributed by atoms with van der Waals surface area (Å²) >= 11 is 0. The average Bonchev–Trinajstić information content (AvgIpc) is 3.12. The molecule has 0 bridgehead atoms. The fraction of sp³-hybridized carbons (Fsp3) is 0.583. The minimum absolute atomic E-state index is 0.0927. The number of allylic oxidation sites excluding steroid dienone is 2. The number of unbranched alkanes of at least 4 members (excludes halogenated alkanes) is 1. The van der Waals surface area contributed by atoms with Crippen molar-refractivity contribution in [2.75, 3.05) is 20.3 Å². The molecule has 31 heavy (non-hydrogen) atoms. The number of hydrogen-bond acceptors (Lipinski definition) is 7. The lowest BCUT2D eigenvalue weighted by Crippen LogP contribution is -2.08. The van der Waals surface area contributed by atoms with E-state index in [0.29, 0.717) is 49.4 Å². The molecule has 2 rings (SSSR count). The minimum Gasteiger partial charge on any atom is -0.507 e. The molecule has 1 aromatic rings. The molecule has 1 aliphatic rings. The number of hydrogen-bond donors (Lipinski definition) is 1. The molecule has 1 aromatic carbocycles. The first-order valence-electron chi connectivity index (χ1n) is 10.8. The molecule has 1 heterocycles. The van der Waals surface area contributed by atoms with Crippen molar-refractivity contribution in [1.29, 1.82) is 0 Å². The van der Waals surface area contributed by atoms with Crippen LogP contribution >= 0.6 is 0 Å². The van der Waals surface area contributed by atoms with Crippen molar-refractivity contribution < 1.29 is 33.6 Å². The molecule has 172 valence electrons. The molecule has 0 aliphatic carbocycles. The van der Waals surface area contributed by atoms with Gasteiger partial charge in [-0.3, -0.25) is 4.79 Å². The highest BCUT2D eigenvalue weighted by atomic mass is 16.5. The summed E-state index contributed by atoms with van der Waals surface area (Å²) in [6.45, 7) is 8.98. The molecule has 1 aliphatic heterocycles. The van der Waals surface area contributed by atoms with Crippen LogP contribution in [0.5, 0.6) is 11.5 Å². The largest absolute Gasteiger partial charge is 0.507 e. The van der Waals surface area contributed by atoms with Crippen LogP contribution in [0.4, 0.5) is 0 Å². The second-order valence-corrected chi connectivity index (χ2v) is 8.02. The van der Waals surface area contributed by atoms with E-state index in [0.717, 1.165) is 24.0 Å². The first kappa shape index (κ1) is 24.7. The zero-order chi connectivity index (χ0) is 23.0. The number of fused-ring (bicyclic) bond motifs is 1. The van der Waals surface area contributed by atoms with E-state index in [2.05, 4.69) is 0 Å². The molecule has 0 aromatic heterocycles. The number of phenolic OH excluding ortho intramolecular Hbond substituents is 1. The Hall–Kier alpha value is -2.54. The van der Waals surface area contributed by atoms with Crippen molar-refractivity contribution in [1.82, 2.24) is 0 Å². The highest BCUT2D eigenvalue weighted by molar-refractivity contribution is 5.98. The van der Waals surface area contributed by atoms with Crippen LogP contribution in [0.2, 0.25) is 0 Å². The summed E-state index contributed by atoms with van der Waals surface area (Å²) in [6, 6.07) is 0. The van der Waals surface area contributed by atoms with Gasteiger partial charge in [-0.15, -0.1) is 0 Å². The second-order valence-electron chi connectivity index (χ2n) is 8.02. The zero-order valence-corrected chi connectivity index (χ0v) is 19.2. The van der Waals surface area contributed by atoms with Gasteiger partial charge in [0, 0.05) is 24.2 Å².